The number of benzene rings is 1. The van der Waals surface area contributed by atoms with Gasteiger partial charge in [-0.1, -0.05) is 6.07 Å². The Bertz CT molecular complexity index is 939. The third kappa shape index (κ3) is 2.70. The molecule has 0 amide bonds. The number of rotatable bonds is 2. The first-order valence-corrected chi connectivity index (χ1v) is 8.38. The monoisotopic (exact) mass is 346 g/mol. The summed E-state index contributed by atoms with van der Waals surface area (Å²) < 4.78 is 28.8. The zero-order valence-electron chi connectivity index (χ0n) is 14.2. The third-order valence-electron chi connectivity index (χ3n) is 4.77. The molecule has 1 fully saturated rings. The fourth-order valence-electron chi connectivity index (χ4n) is 3.42. The number of fused-ring (bicyclic) bond motifs is 3. The summed E-state index contributed by atoms with van der Waals surface area (Å²) in [6.07, 6.45) is 1.23. The molecule has 1 saturated heterocycles. The minimum atomic E-state index is -2.60. The molecular weight excluding hydrogens is 326 g/mol. The number of anilines is 1. The number of aryl methyl sites for hydroxylation is 1. The first kappa shape index (κ1) is 16.1. The van der Waals surface area contributed by atoms with Crippen molar-refractivity contribution in [3.8, 4) is 0 Å². The van der Waals surface area contributed by atoms with Crippen LogP contribution in [0.25, 0.3) is 16.6 Å². The second-order valence-corrected chi connectivity index (χ2v) is 6.82. The molecule has 1 aliphatic rings. The Morgan fingerprint density at radius 3 is 2.64 bits per heavy atom. The minimum Gasteiger partial charge on any atom is -0.341 e. The largest absolute Gasteiger partial charge is 0.341 e. The standard InChI is InChI=1S/C17H20F2N6/c1-10-7-12(11(2)20)14-13(8-10)15-23-21-9-25(15)16(22-14)24-5-3-17(18,19)4-6-24/h7-9,11H,3-6,20H2,1-2H3/t11-/m1/s1. The summed E-state index contributed by atoms with van der Waals surface area (Å²) in [6.45, 7) is 4.40. The number of alkyl halides is 2. The van der Waals surface area contributed by atoms with E-state index in [1.54, 1.807) is 10.7 Å². The third-order valence-corrected chi connectivity index (χ3v) is 4.77. The van der Waals surface area contributed by atoms with Crippen LogP contribution in [-0.2, 0) is 0 Å². The molecule has 0 spiro atoms. The van der Waals surface area contributed by atoms with E-state index in [1.807, 2.05) is 30.9 Å². The number of halogens is 2. The van der Waals surface area contributed by atoms with Crippen LogP contribution in [0.15, 0.2) is 18.5 Å². The summed E-state index contributed by atoms with van der Waals surface area (Å²) in [7, 11) is 0. The Kier molecular flexibility index (Phi) is 3.61. The number of nitrogens with two attached hydrogens (primary N) is 1. The summed E-state index contributed by atoms with van der Waals surface area (Å²) in [5.41, 5.74) is 9.55. The topological polar surface area (TPSA) is 72.3 Å². The highest BCUT2D eigenvalue weighted by Gasteiger charge is 2.35. The van der Waals surface area contributed by atoms with Crippen molar-refractivity contribution in [1.29, 1.82) is 0 Å². The van der Waals surface area contributed by atoms with Gasteiger partial charge in [0, 0.05) is 37.4 Å². The van der Waals surface area contributed by atoms with Crippen LogP contribution in [0.2, 0.25) is 0 Å². The van der Waals surface area contributed by atoms with Gasteiger partial charge in [0.25, 0.3) is 5.92 Å². The zero-order chi connectivity index (χ0) is 17.8. The van der Waals surface area contributed by atoms with E-state index in [4.69, 9.17) is 10.7 Å². The van der Waals surface area contributed by atoms with Gasteiger partial charge < -0.3 is 10.6 Å². The number of hydrogen-bond donors (Lipinski definition) is 1. The van der Waals surface area contributed by atoms with Gasteiger partial charge in [-0.25, -0.2) is 13.8 Å². The molecule has 0 radical (unpaired) electrons. The fourth-order valence-corrected chi connectivity index (χ4v) is 3.42. The van der Waals surface area contributed by atoms with E-state index < -0.39 is 5.92 Å². The predicted molar refractivity (Wildman–Crippen MR) is 92.0 cm³/mol. The molecule has 8 heteroatoms. The van der Waals surface area contributed by atoms with E-state index in [-0.39, 0.29) is 32.0 Å². The van der Waals surface area contributed by atoms with Crippen LogP contribution >= 0.6 is 0 Å². The van der Waals surface area contributed by atoms with Crippen LogP contribution in [0.1, 0.15) is 36.9 Å². The van der Waals surface area contributed by atoms with Gasteiger partial charge in [-0.05, 0) is 31.0 Å². The van der Waals surface area contributed by atoms with Crippen molar-refractivity contribution >= 4 is 22.5 Å². The average molecular weight is 346 g/mol. The first-order chi connectivity index (χ1) is 11.9. The lowest BCUT2D eigenvalue weighted by Gasteiger charge is -2.32. The molecule has 6 nitrogen and oxygen atoms in total. The van der Waals surface area contributed by atoms with Crippen molar-refractivity contribution in [3.05, 3.63) is 29.6 Å². The molecule has 0 unspecified atom stereocenters. The highest BCUT2D eigenvalue weighted by atomic mass is 19.3. The van der Waals surface area contributed by atoms with Crippen LogP contribution in [0.5, 0.6) is 0 Å². The molecule has 0 saturated carbocycles. The smallest absolute Gasteiger partial charge is 0.251 e. The Morgan fingerprint density at radius 1 is 1.24 bits per heavy atom. The van der Waals surface area contributed by atoms with E-state index in [0.717, 1.165) is 22.0 Å². The maximum atomic E-state index is 13.5. The molecule has 4 rings (SSSR count). The van der Waals surface area contributed by atoms with Crippen molar-refractivity contribution in [2.24, 2.45) is 5.73 Å². The van der Waals surface area contributed by atoms with E-state index in [1.165, 1.54) is 0 Å². The zero-order valence-corrected chi connectivity index (χ0v) is 14.2. The summed E-state index contributed by atoms with van der Waals surface area (Å²) in [4.78, 5) is 6.67. The number of piperidine rings is 1. The normalized spacial score (nSPS) is 18.8. The second kappa shape index (κ2) is 5.59. The van der Waals surface area contributed by atoms with E-state index in [2.05, 4.69) is 10.2 Å². The van der Waals surface area contributed by atoms with E-state index in [9.17, 15) is 8.78 Å². The lowest BCUT2D eigenvalue weighted by atomic mass is 10.0. The maximum absolute atomic E-state index is 13.5. The van der Waals surface area contributed by atoms with Crippen LogP contribution in [0, 0.1) is 6.92 Å². The van der Waals surface area contributed by atoms with Crippen LogP contribution < -0.4 is 10.6 Å². The van der Waals surface area contributed by atoms with Crippen LogP contribution in [0.3, 0.4) is 0 Å². The molecule has 0 aliphatic carbocycles. The van der Waals surface area contributed by atoms with Crippen molar-refractivity contribution in [2.75, 3.05) is 18.0 Å². The van der Waals surface area contributed by atoms with Gasteiger partial charge in [0.1, 0.15) is 6.33 Å². The van der Waals surface area contributed by atoms with Crippen LogP contribution in [-0.4, -0.2) is 38.6 Å². The van der Waals surface area contributed by atoms with Crippen molar-refractivity contribution in [3.63, 3.8) is 0 Å². The van der Waals surface area contributed by atoms with Gasteiger partial charge >= 0.3 is 0 Å². The Labute approximate surface area is 143 Å². The lowest BCUT2D eigenvalue weighted by molar-refractivity contribution is -0.0222. The predicted octanol–water partition coefficient (Wildman–Crippen LogP) is 2.84. The molecule has 132 valence electrons. The Balaban J connectivity index is 1.94. The van der Waals surface area contributed by atoms with Crippen molar-refractivity contribution in [1.82, 2.24) is 19.6 Å². The van der Waals surface area contributed by atoms with Gasteiger partial charge in [-0.15, -0.1) is 10.2 Å². The van der Waals surface area contributed by atoms with E-state index in [0.29, 0.717) is 11.6 Å². The Morgan fingerprint density at radius 2 is 1.96 bits per heavy atom. The molecular formula is C17H20F2N6. The second-order valence-electron chi connectivity index (χ2n) is 6.82. The number of aromatic nitrogens is 4. The molecule has 3 heterocycles. The Hall–Kier alpha value is -2.35. The van der Waals surface area contributed by atoms with Crippen LogP contribution in [0.4, 0.5) is 14.7 Å². The van der Waals surface area contributed by atoms with Gasteiger partial charge in [0.15, 0.2) is 5.65 Å². The lowest BCUT2D eigenvalue weighted by Crippen LogP contribution is -2.40. The molecule has 0 bridgehead atoms. The van der Waals surface area contributed by atoms with E-state index >= 15 is 0 Å². The molecule has 1 atom stereocenters. The molecule has 2 N–H and O–H groups in total. The summed E-state index contributed by atoms with van der Waals surface area (Å²) in [6, 6.07) is 3.83. The SMILES string of the molecule is Cc1cc([C@@H](C)N)c2nc(N3CCC(F)(F)CC3)n3cnnc3c2c1. The number of nitrogens with zero attached hydrogens (tertiary/aromatic N) is 5. The van der Waals surface area contributed by atoms with Gasteiger partial charge in [0.2, 0.25) is 5.95 Å². The molecule has 3 aromatic rings. The minimum absolute atomic E-state index is 0.176. The van der Waals surface area contributed by atoms with Gasteiger partial charge in [-0.3, -0.25) is 4.40 Å². The van der Waals surface area contributed by atoms with Gasteiger partial charge in [0.05, 0.1) is 5.52 Å². The number of hydrogen-bond acceptors (Lipinski definition) is 5. The molecule has 1 aromatic carbocycles. The average Bonchev–Trinajstić information content (AvgIpc) is 3.03. The summed E-state index contributed by atoms with van der Waals surface area (Å²) >= 11 is 0. The highest BCUT2D eigenvalue weighted by Crippen LogP contribution is 2.33. The van der Waals surface area contributed by atoms with Crippen molar-refractivity contribution < 1.29 is 8.78 Å². The summed E-state index contributed by atoms with van der Waals surface area (Å²) in [5, 5.41) is 9.11. The fraction of sp³-hybridized carbons (Fsp3) is 0.471. The van der Waals surface area contributed by atoms with Gasteiger partial charge in [-0.2, -0.15) is 0 Å². The molecule has 1 aliphatic heterocycles. The maximum Gasteiger partial charge on any atom is 0.251 e. The highest BCUT2D eigenvalue weighted by molar-refractivity contribution is 5.95. The molecule has 2 aromatic heterocycles. The summed E-state index contributed by atoms with van der Waals surface area (Å²) in [5.74, 6) is -2.01. The molecule has 25 heavy (non-hydrogen) atoms. The first-order valence-electron chi connectivity index (χ1n) is 8.38. The van der Waals surface area contributed by atoms with Crippen molar-refractivity contribution in [2.45, 2.75) is 38.7 Å². The quantitative estimate of drug-likeness (QED) is 0.772.